The molecule has 1 aliphatic rings. The van der Waals surface area contributed by atoms with E-state index < -0.39 is 0 Å². The van der Waals surface area contributed by atoms with Crippen LogP contribution in [0.5, 0.6) is 11.5 Å². The Morgan fingerprint density at radius 1 is 1.06 bits per heavy atom. The lowest BCUT2D eigenvalue weighted by atomic mass is 10.0. The molecule has 3 rings (SSSR count). The topological polar surface area (TPSA) is 71.1 Å². The summed E-state index contributed by atoms with van der Waals surface area (Å²) in [5.74, 6) is 1.49. The zero-order valence-corrected chi connectivity index (χ0v) is 21.3. The van der Waals surface area contributed by atoms with Crippen LogP contribution in [-0.4, -0.2) is 69.6 Å². The number of hydrogen-bond donors (Lipinski definition) is 1. The molecule has 0 atom stereocenters. The first-order valence-corrected chi connectivity index (χ1v) is 12.0. The molecule has 9 heteroatoms. The summed E-state index contributed by atoms with van der Waals surface area (Å²) in [6, 6.07) is 7.55. The van der Waals surface area contributed by atoms with Crippen LogP contribution in [0.4, 0.5) is 5.69 Å². The first kappa shape index (κ1) is 26.1. The number of anilines is 1. The lowest BCUT2D eigenvalue weighted by Gasteiger charge is -2.23. The van der Waals surface area contributed by atoms with Gasteiger partial charge in [-0.25, -0.2) is 0 Å². The number of ether oxygens (including phenoxy) is 2. The van der Waals surface area contributed by atoms with Crippen LogP contribution >= 0.6 is 23.2 Å². The Labute approximate surface area is 210 Å². The Kier molecular flexibility index (Phi) is 9.45. The maximum Gasteiger partial charge on any atom is 0.227 e. The molecule has 1 aliphatic heterocycles. The van der Waals surface area contributed by atoms with E-state index in [1.165, 1.54) is 0 Å². The van der Waals surface area contributed by atoms with Crippen LogP contribution in [0.1, 0.15) is 23.1 Å². The average Bonchev–Trinajstić information content (AvgIpc) is 2.97. The third-order valence-electron chi connectivity index (χ3n) is 6.11. The molecule has 0 aliphatic carbocycles. The van der Waals surface area contributed by atoms with E-state index in [9.17, 15) is 9.59 Å². The Morgan fingerprint density at radius 2 is 1.71 bits per heavy atom. The summed E-state index contributed by atoms with van der Waals surface area (Å²) in [5.41, 5.74) is 3.58. The molecule has 0 unspecified atom stereocenters. The van der Waals surface area contributed by atoms with Gasteiger partial charge in [0.25, 0.3) is 0 Å². The summed E-state index contributed by atoms with van der Waals surface area (Å²) in [6.07, 6.45) is 3.39. The van der Waals surface area contributed by atoms with Gasteiger partial charge in [0, 0.05) is 19.6 Å². The maximum atomic E-state index is 12.8. The van der Waals surface area contributed by atoms with Crippen molar-refractivity contribution >= 4 is 41.2 Å². The number of likely N-dealkylation sites (N-methyl/N-ethyl adjacent to an activating group) is 1. The highest BCUT2D eigenvalue weighted by Gasteiger charge is 2.22. The molecule has 184 valence electrons. The molecule has 2 aromatic carbocycles. The van der Waals surface area contributed by atoms with Crippen molar-refractivity contribution < 1.29 is 19.1 Å². The van der Waals surface area contributed by atoms with Crippen LogP contribution in [0.25, 0.3) is 0 Å². The number of carbonyl (C=O) groups excluding carboxylic acids is 2. The van der Waals surface area contributed by atoms with Gasteiger partial charge in [-0.2, -0.15) is 0 Å². The maximum absolute atomic E-state index is 12.8. The highest BCUT2D eigenvalue weighted by atomic mass is 35.5. The fourth-order valence-electron chi connectivity index (χ4n) is 4.18. The molecule has 0 aromatic heterocycles. The number of amides is 2. The number of nitrogens with one attached hydrogen (secondary N) is 1. The lowest BCUT2D eigenvalue weighted by molar-refractivity contribution is -0.130. The van der Waals surface area contributed by atoms with E-state index in [1.54, 1.807) is 14.2 Å². The van der Waals surface area contributed by atoms with Crippen LogP contribution in [0.2, 0.25) is 10.0 Å². The largest absolute Gasteiger partial charge is 0.493 e. The molecular formula is C25H31Cl2N3O4. The zero-order valence-electron chi connectivity index (χ0n) is 19.8. The average molecular weight is 508 g/mol. The van der Waals surface area contributed by atoms with Crippen molar-refractivity contribution in [1.29, 1.82) is 0 Å². The number of fused-ring (bicyclic) bond motifs is 1. The monoisotopic (exact) mass is 507 g/mol. The minimum Gasteiger partial charge on any atom is -0.493 e. The van der Waals surface area contributed by atoms with E-state index in [0.717, 1.165) is 55.6 Å². The van der Waals surface area contributed by atoms with Crippen molar-refractivity contribution in [2.75, 3.05) is 52.8 Å². The molecule has 0 bridgehead atoms. The summed E-state index contributed by atoms with van der Waals surface area (Å²) >= 11 is 12.4. The predicted octanol–water partition coefficient (Wildman–Crippen LogP) is 4.07. The van der Waals surface area contributed by atoms with E-state index in [1.807, 2.05) is 29.2 Å². The van der Waals surface area contributed by atoms with Gasteiger partial charge in [-0.1, -0.05) is 23.2 Å². The summed E-state index contributed by atoms with van der Waals surface area (Å²) in [7, 11) is 5.29. The van der Waals surface area contributed by atoms with E-state index in [0.29, 0.717) is 46.6 Å². The van der Waals surface area contributed by atoms with E-state index >= 15 is 0 Å². The molecule has 0 saturated heterocycles. The highest BCUT2D eigenvalue weighted by Crippen LogP contribution is 2.33. The Bertz CT molecular complexity index is 1010. The summed E-state index contributed by atoms with van der Waals surface area (Å²) in [5, 5.41) is 3.37. The minimum atomic E-state index is 0.141. The van der Waals surface area contributed by atoms with Crippen molar-refractivity contribution in [2.24, 2.45) is 0 Å². The number of halogens is 2. The first-order chi connectivity index (χ1) is 16.4. The van der Waals surface area contributed by atoms with E-state index in [-0.39, 0.29) is 5.91 Å². The minimum absolute atomic E-state index is 0.141. The van der Waals surface area contributed by atoms with Crippen LogP contribution in [0, 0.1) is 0 Å². The summed E-state index contributed by atoms with van der Waals surface area (Å²) in [6.45, 7) is 3.11. The van der Waals surface area contributed by atoms with Gasteiger partial charge in [-0.15, -0.1) is 0 Å². The second-order valence-electron chi connectivity index (χ2n) is 8.39. The number of methoxy groups -OCH3 is 2. The van der Waals surface area contributed by atoms with Crippen LogP contribution in [0.15, 0.2) is 24.3 Å². The molecule has 0 saturated carbocycles. The second kappa shape index (κ2) is 12.3. The van der Waals surface area contributed by atoms with Gasteiger partial charge in [0.05, 0.1) is 36.4 Å². The van der Waals surface area contributed by atoms with Gasteiger partial charge < -0.3 is 24.6 Å². The quantitative estimate of drug-likeness (QED) is 0.464. The zero-order chi connectivity index (χ0) is 24.7. The van der Waals surface area contributed by atoms with Gasteiger partial charge >= 0.3 is 0 Å². The predicted molar refractivity (Wildman–Crippen MR) is 136 cm³/mol. The molecule has 0 spiro atoms. The first-order valence-electron chi connectivity index (χ1n) is 11.2. The molecule has 34 heavy (non-hydrogen) atoms. The third-order valence-corrected chi connectivity index (χ3v) is 6.70. The van der Waals surface area contributed by atoms with Crippen molar-refractivity contribution in [1.82, 2.24) is 9.80 Å². The van der Waals surface area contributed by atoms with Gasteiger partial charge in [0.2, 0.25) is 12.3 Å². The molecule has 2 amide bonds. The fourth-order valence-corrected chi connectivity index (χ4v) is 4.82. The van der Waals surface area contributed by atoms with E-state index in [4.69, 9.17) is 32.7 Å². The summed E-state index contributed by atoms with van der Waals surface area (Å²) in [4.78, 5) is 27.7. The Balaban J connectivity index is 1.48. The fraction of sp³-hybridized carbons (Fsp3) is 0.440. The smallest absolute Gasteiger partial charge is 0.227 e. The van der Waals surface area contributed by atoms with Gasteiger partial charge in [-0.3, -0.25) is 9.59 Å². The van der Waals surface area contributed by atoms with Crippen LogP contribution in [0.3, 0.4) is 0 Å². The van der Waals surface area contributed by atoms with Crippen molar-refractivity contribution in [2.45, 2.75) is 25.7 Å². The normalized spacial score (nSPS) is 13.5. The molecule has 2 aromatic rings. The van der Waals surface area contributed by atoms with Crippen molar-refractivity contribution in [3.8, 4) is 11.5 Å². The molecule has 1 heterocycles. The Hall–Kier alpha value is -2.48. The molecular weight excluding hydrogens is 477 g/mol. The van der Waals surface area contributed by atoms with Crippen LogP contribution in [-0.2, 0) is 28.9 Å². The number of benzene rings is 2. The molecule has 1 N–H and O–H groups in total. The number of rotatable bonds is 11. The molecule has 7 nitrogen and oxygen atoms in total. The number of hydrogen-bond acceptors (Lipinski definition) is 5. The number of nitrogens with zero attached hydrogens (tertiary/aromatic N) is 2. The van der Waals surface area contributed by atoms with Gasteiger partial charge in [0.15, 0.2) is 11.5 Å². The number of carbonyl (C=O) groups is 2. The Morgan fingerprint density at radius 3 is 2.32 bits per heavy atom. The van der Waals surface area contributed by atoms with Crippen molar-refractivity contribution in [3.63, 3.8) is 0 Å². The van der Waals surface area contributed by atoms with E-state index in [2.05, 4.69) is 17.3 Å². The lowest BCUT2D eigenvalue weighted by Crippen LogP contribution is -2.35. The molecule has 0 radical (unpaired) electrons. The second-order valence-corrected chi connectivity index (χ2v) is 9.20. The molecule has 0 fully saturated rings. The highest BCUT2D eigenvalue weighted by molar-refractivity contribution is 6.39. The van der Waals surface area contributed by atoms with Gasteiger partial charge in [-0.05, 0) is 73.8 Å². The van der Waals surface area contributed by atoms with Crippen LogP contribution < -0.4 is 14.8 Å². The third kappa shape index (κ3) is 6.56. The summed E-state index contributed by atoms with van der Waals surface area (Å²) < 4.78 is 10.8. The van der Waals surface area contributed by atoms with Gasteiger partial charge in [0.1, 0.15) is 0 Å². The standard InChI is InChI=1S/C25H31Cl2N3O4/c1-29(9-5-17-11-20(26)25(28-16-31)21(27)12-17)7-4-8-30-10-6-18-13-22(33-2)23(34-3)14-19(18)15-24(30)32/h11-14,16H,4-10,15H2,1-3H3,(H,28,31). The SMILES string of the molecule is COc1cc2c(cc1OC)CC(=O)N(CCCN(C)CCc1cc(Cl)c(NC=O)c(Cl)c1)CC2. The van der Waals surface area contributed by atoms with Crippen molar-refractivity contribution in [3.05, 3.63) is 51.0 Å².